The molecule has 0 aliphatic rings. The fraction of sp³-hybridized carbons (Fsp3) is 0.0357. The largest absolute Gasteiger partial charge is 0.454 e. The molecule has 6 rings (SSSR count). The maximum absolute atomic E-state index is 5.83. The number of aryl methyl sites for hydroxylation is 1. The quantitative estimate of drug-likeness (QED) is 0.157. The van der Waals surface area contributed by atoms with Crippen molar-refractivity contribution >= 4 is 32.6 Å². The minimum Gasteiger partial charge on any atom is -0.454 e. The van der Waals surface area contributed by atoms with Crippen molar-refractivity contribution in [2.75, 3.05) is 0 Å². The van der Waals surface area contributed by atoms with Crippen molar-refractivity contribution in [3.05, 3.63) is 103 Å². The van der Waals surface area contributed by atoms with E-state index in [-0.39, 0.29) is 20.1 Å². The number of rotatable bonds is 2. The predicted molar refractivity (Wildman–Crippen MR) is 123 cm³/mol. The maximum atomic E-state index is 5.83. The minimum atomic E-state index is 0. The molecular weight excluding hydrogens is 559 g/mol. The van der Waals surface area contributed by atoms with Gasteiger partial charge in [-0.3, -0.25) is 4.98 Å². The van der Waals surface area contributed by atoms with Gasteiger partial charge in [-0.2, -0.15) is 0 Å². The number of hydrogen-bond acceptors (Lipinski definition) is 2. The van der Waals surface area contributed by atoms with Crippen LogP contribution in [0.2, 0.25) is 0 Å². The van der Waals surface area contributed by atoms with Gasteiger partial charge in [-0.05, 0) is 34.6 Å². The summed E-state index contributed by atoms with van der Waals surface area (Å²) in [6, 6.07) is 33.1. The zero-order valence-electron chi connectivity index (χ0n) is 16.8. The van der Waals surface area contributed by atoms with Gasteiger partial charge in [0, 0.05) is 31.0 Å². The molecule has 151 valence electrons. The molecule has 0 amide bonds. The normalized spacial score (nSPS) is 11.1. The summed E-state index contributed by atoms with van der Waals surface area (Å²) in [4.78, 5) is 4.56. The van der Waals surface area contributed by atoms with Crippen LogP contribution in [0.25, 0.3) is 54.9 Å². The third-order valence-electron chi connectivity index (χ3n) is 5.87. The van der Waals surface area contributed by atoms with Crippen molar-refractivity contribution in [2.45, 2.75) is 6.92 Å². The van der Waals surface area contributed by atoms with Crippen LogP contribution in [0.5, 0.6) is 0 Å². The summed E-state index contributed by atoms with van der Waals surface area (Å²) in [5, 5.41) is 4.46. The Balaban J connectivity index is 0.00000204. The second-order valence-corrected chi connectivity index (χ2v) is 7.58. The second kappa shape index (κ2) is 7.77. The molecule has 0 aliphatic carbocycles. The van der Waals surface area contributed by atoms with Crippen molar-refractivity contribution < 1.29 is 24.5 Å². The van der Waals surface area contributed by atoms with E-state index in [2.05, 4.69) is 96.8 Å². The Morgan fingerprint density at radius 3 is 2.35 bits per heavy atom. The fourth-order valence-electron chi connectivity index (χ4n) is 4.56. The summed E-state index contributed by atoms with van der Waals surface area (Å²) in [6.45, 7) is 2.13. The van der Waals surface area contributed by atoms with E-state index in [1.807, 2.05) is 6.07 Å². The van der Waals surface area contributed by atoms with E-state index < -0.39 is 0 Å². The Labute approximate surface area is 193 Å². The molecule has 2 nitrogen and oxygen atoms in total. The summed E-state index contributed by atoms with van der Waals surface area (Å²) < 4.78 is 5.83. The van der Waals surface area contributed by atoms with Gasteiger partial charge in [-0.15, -0.1) is 23.6 Å². The van der Waals surface area contributed by atoms with E-state index in [0.29, 0.717) is 0 Å². The van der Waals surface area contributed by atoms with Crippen LogP contribution < -0.4 is 0 Å². The molecule has 1 radical (unpaired) electrons. The summed E-state index contributed by atoms with van der Waals surface area (Å²) in [5.74, 6) is 0. The van der Waals surface area contributed by atoms with E-state index in [0.717, 1.165) is 21.9 Å². The summed E-state index contributed by atoms with van der Waals surface area (Å²) in [7, 11) is 0. The predicted octanol–water partition coefficient (Wildman–Crippen LogP) is 7.57. The second-order valence-electron chi connectivity index (χ2n) is 7.58. The van der Waals surface area contributed by atoms with E-state index in [4.69, 9.17) is 4.42 Å². The van der Waals surface area contributed by atoms with Crippen LogP contribution in [0, 0.1) is 13.0 Å². The molecule has 0 N–H and O–H groups in total. The van der Waals surface area contributed by atoms with Crippen molar-refractivity contribution in [2.24, 2.45) is 0 Å². The third kappa shape index (κ3) is 3.01. The van der Waals surface area contributed by atoms with Crippen molar-refractivity contribution in [1.29, 1.82) is 0 Å². The third-order valence-corrected chi connectivity index (χ3v) is 5.87. The van der Waals surface area contributed by atoms with Gasteiger partial charge in [0.15, 0.2) is 6.39 Å². The molecule has 0 spiro atoms. The average molecular weight is 577 g/mol. The first kappa shape index (κ1) is 19.7. The fourth-order valence-corrected chi connectivity index (χ4v) is 4.56. The molecule has 3 heteroatoms. The zero-order chi connectivity index (χ0) is 20.1. The van der Waals surface area contributed by atoms with Crippen LogP contribution in [0.15, 0.2) is 95.7 Å². The molecule has 5 aromatic carbocycles. The van der Waals surface area contributed by atoms with Gasteiger partial charge < -0.3 is 4.42 Å². The van der Waals surface area contributed by atoms with E-state index >= 15 is 0 Å². The van der Waals surface area contributed by atoms with Gasteiger partial charge in [0.25, 0.3) is 0 Å². The minimum absolute atomic E-state index is 0. The van der Waals surface area contributed by atoms with E-state index in [9.17, 15) is 0 Å². The first-order valence-corrected chi connectivity index (χ1v) is 10.1. The molecule has 0 unspecified atom stereocenters. The van der Waals surface area contributed by atoms with E-state index in [1.54, 1.807) is 0 Å². The molecule has 0 fully saturated rings. The Kier molecular flexibility index (Phi) is 4.94. The van der Waals surface area contributed by atoms with Crippen molar-refractivity contribution in [3.8, 4) is 22.3 Å². The average Bonchev–Trinajstić information content (AvgIpc) is 3.29. The van der Waals surface area contributed by atoms with Crippen molar-refractivity contribution in [1.82, 2.24) is 4.98 Å². The molecule has 0 saturated heterocycles. The Hall–Kier alpha value is -3.26. The van der Waals surface area contributed by atoms with Gasteiger partial charge >= 0.3 is 0 Å². The number of nitrogens with zero attached hydrogens (tertiary/aromatic N) is 1. The summed E-state index contributed by atoms with van der Waals surface area (Å²) in [6.07, 6.45) is 1.54. The molecule has 0 saturated carbocycles. The van der Waals surface area contributed by atoms with Crippen molar-refractivity contribution in [3.63, 3.8) is 0 Å². The molecule has 0 aliphatic heterocycles. The van der Waals surface area contributed by atoms with Crippen LogP contribution >= 0.6 is 0 Å². The van der Waals surface area contributed by atoms with Crippen LogP contribution in [-0.4, -0.2) is 4.98 Å². The van der Waals surface area contributed by atoms with Gasteiger partial charge in [0.1, 0.15) is 5.58 Å². The number of aromatic nitrogens is 1. The molecular formula is C28H18IrNO-. The van der Waals surface area contributed by atoms with Crippen LogP contribution in [-0.2, 0) is 20.1 Å². The monoisotopic (exact) mass is 577 g/mol. The van der Waals surface area contributed by atoms with E-state index in [1.165, 1.54) is 45.0 Å². The Bertz CT molecular complexity index is 1550. The number of oxazole rings is 1. The van der Waals surface area contributed by atoms with Gasteiger partial charge in [-0.25, -0.2) is 0 Å². The standard InChI is InChI=1S/C28H18NO.Ir/c1-18-9-7-15-23-25(18)28-27(29-17-30-28)24-16-8-14-22(26(23)24)21-13-6-5-12-20(21)19-10-3-2-4-11-19;/h2-15,17H,1H3;/q-1;. The molecule has 31 heavy (non-hydrogen) atoms. The molecule has 6 aromatic rings. The van der Waals surface area contributed by atoms with Crippen LogP contribution in [0.1, 0.15) is 5.56 Å². The zero-order valence-corrected chi connectivity index (χ0v) is 19.2. The number of fused-ring (bicyclic) bond motifs is 6. The first-order chi connectivity index (χ1) is 14.8. The molecule has 0 bridgehead atoms. The van der Waals surface area contributed by atoms with Gasteiger partial charge in [-0.1, -0.05) is 83.7 Å². The smallest absolute Gasteiger partial charge is 0.171 e. The molecule has 1 aromatic heterocycles. The van der Waals surface area contributed by atoms with Crippen LogP contribution in [0.3, 0.4) is 0 Å². The van der Waals surface area contributed by atoms with Gasteiger partial charge in [0.2, 0.25) is 0 Å². The van der Waals surface area contributed by atoms with Crippen LogP contribution in [0.4, 0.5) is 0 Å². The number of benzene rings is 5. The molecule has 1 heterocycles. The maximum Gasteiger partial charge on any atom is 0.171 e. The Morgan fingerprint density at radius 1 is 0.742 bits per heavy atom. The SMILES string of the molecule is Cc1cccc2c3c(-c4ccccc4-c4ccccc4)cc[c-]c3c3ncoc3c12.[Ir]. The summed E-state index contributed by atoms with van der Waals surface area (Å²) in [5.41, 5.74) is 7.69. The Morgan fingerprint density at radius 2 is 1.52 bits per heavy atom. The molecule has 0 atom stereocenters. The van der Waals surface area contributed by atoms with Gasteiger partial charge in [0.05, 0.1) is 0 Å². The topological polar surface area (TPSA) is 26.0 Å². The summed E-state index contributed by atoms with van der Waals surface area (Å²) >= 11 is 0. The first-order valence-electron chi connectivity index (χ1n) is 10.1. The number of hydrogen-bond donors (Lipinski definition) is 0.